The van der Waals surface area contributed by atoms with Crippen LogP contribution in [0.1, 0.15) is 54.2 Å². The van der Waals surface area contributed by atoms with E-state index in [4.69, 9.17) is 16.0 Å². The Morgan fingerprint density at radius 3 is 2.91 bits per heavy atom. The molecule has 2 heterocycles. The lowest BCUT2D eigenvalue weighted by Crippen LogP contribution is -2.33. The number of rotatable bonds is 5. The lowest BCUT2D eigenvalue weighted by atomic mass is 10.0. The highest BCUT2D eigenvalue weighted by Gasteiger charge is 2.29. The topological polar surface area (TPSA) is 96.7 Å². The van der Waals surface area contributed by atoms with E-state index in [1.54, 1.807) is 6.92 Å². The Hall–Kier alpha value is -1.89. The Bertz CT molecular complexity index is 696. The number of nitrogens with one attached hydrogen (secondary N) is 2. The van der Waals surface area contributed by atoms with Gasteiger partial charge in [0.2, 0.25) is 11.8 Å². The third-order valence-corrected chi connectivity index (χ3v) is 4.66. The SMILES string of the molecule is CCc1[nH]nc(C(=O)N[C@H]2CC[C@@H](Cc3nnc(C)o3)C2)c1Cl. The summed E-state index contributed by atoms with van der Waals surface area (Å²) in [4.78, 5) is 12.3. The Kier molecular flexibility index (Phi) is 4.66. The van der Waals surface area contributed by atoms with Gasteiger partial charge < -0.3 is 9.73 Å². The number of amides is 1. The number of aryl methyl sites for hydroxylation is 2. The van der Waals surface area contributed by atoms with E-state index in [1.165, 1.54) is 0 Å². The lowest BCUT2D eigenvalue weighted by Gasteiger charge is -2.12. The molecule has 2 aromatic heterocycles. The van der Waals surface area contributed by atoms with Gasteiger partial charge in [-0.25, -0.2) is 0 Å². The van der Waals surface area contributed by atoms with Gasteiger partial charge in [-0.1, -0.05) is 18.5 Å². The first-order valence-electron chi connectivity index (χ1n) is 7.89. The second kappa shape index (κ2) is 6.70. The minimum Gasteiger partial charge on any atom is -0.426 e. The smallest absolute Gasteiger partial charge is 0.273 e. The van der Waals surface area contributed by atoms with Crippen LogP contribution in [0, 0.1) is 12.8 Å². The molecule has 3 rings (SSSR count). The number of hydrogen-bond acceptors (Lipinski definition) is 5. The molecule has 2 N–H and O–H groups in total. The molecule has 1 fully saturated rings. The molecule has 1 saturated carbocycles. The average Bonchev–Trinajstić information content (AvgIpc) is 3.21. The molecule has 23 heavy (non-hydrogen) atoms. The minimum atomic E-state index is -0.217. The van der Waals surface area contributed by atoms with Gasteiger partial charge in [0.15, 0.2) is 5.69 Å². The van der Waals surface area contributed by atoms with Crippen molar-refractivity contribution in [3.05, 3.63) is 28.2 Å². The molecule has 0 radical (unpaired) electrons. The summed E-state index contributed by atoms with van der Waals surface area (Å²) < 4.78 is 5.42. The summed E-state index contributed by atoms with van der Waals surface area (Å²) in [5.74, 6) is 1.48. The van der Waals surface area contributed by atoms with Crippen molar-refractivity contribution < 1.29 is 9.21 Å². The molecule has 0 bridgehead atoms. The van der Waals surface area contributed by atoms with E-state index in [0.29, 0.717) is 29.1 Å². The van der Waals surface area contributed by atoms with E-state index < -0.39 is 0 Å². The molecule has 0 unspecified atom stereocenters. The molecule has 1 aliphatic carbocycles. The van der Waals surface area contributed by atoms with Crippen molar-refractivity contribution in [1.82, 2.24) is 25.7 Å². The number of H-pyrrole nitrogens is 1. The molecule has 1 amide bonds. The first-order valence-corrected chi connectivity index (χ1v) is 8.27. The van der Waals surface area contributed by atoms with Crippen LogP contribution in [0.3, 0.4) is 0 Å². The van der Waals surface area contributed by atoms with Crippen molar-refractivity contribution in [2.75, 3.05) is 0 Å². The first kappa shape index (κ1) is 16.0. The Morgan fingerprint density at radius 2 is 2.26 bits per heavy atom. The third-order valence-electron chi connectivity index (χ3n) is 4.25. The van der Waals surface area contributed by atoms with E-state index in [1.807, 2.05) is 6.92 Å². The fraction of sp³-hybridized carbons (Fsp3) is 0.600. The van der Waals surface area contributed by atoms with Crippen LogP contribution in [-0.4, -0.2) is 32.3 Å². The normalized spacial score (nSPS) is 20.8. The molecule has 1 aliphatic rings. The van der Waals surface area contributed by atoms with Crippen molar-refractivity contribution in [2.45, 2.75) is 52.0 Å². The fourth-order valence-corrected chi connectivity index (χ4v) is 3.37. The zero-order valence-electron chi connectivity index (χ0n) is 13.2. The number of carbonyl (C=O) groups excluding carboxylic acids is 1. The van der Waals surface area contributed by atoms with Crippen LogP contribution >= 0.6 is 11.6 Å². The number of hydrogen-bond donors (Lipinski definition) is 2. The van der Waals surface area contributed by atoms with Crippen LogP contribution in [0.25, 0.3) is 0 Å². The molecule has 124 valence electrons. The Labute approximate surface area is 139 Å². The summed E-state index contributed by atoms with van der Waals surface area (Å²) in [5, 5.41) is 18.1. The fourth-order valence-electron chi connectivity index (χ4n) is 3.06. The van der Waals surface area contributed by atoms with Crippen molar-refractivity contribution in [1.29, 1.82) is 0 Å². The van der Waals surface area contributed by atoms with E-state index in [2.05, 4.69) is 25.7 Å². The van der Waals surface area contributed by atoms with Crippen LogP contribution in [-0.2, 0) is 12.8 Å². The van der Waals surface area contributed by atoms with Crippen LogP contribution in [0.15, 0.2) is 4.42 Å². The van der Waals surface area contributed by atoms with Crippen LogP contribution < -0.4 is 5.32 Å². The molecule has 0 aliphatic heterocycles. The highest BCUT2D eigenvalue weighted by atomic mass is 35.5. The second-order valence-electron chi connectivity index (χ2n) is 5.99. The van der Waals surface area contributed by atoms with Gasteiger partial charge in [0.1, 0.15) is 0 Å². The molecule has 2 aromatic rings. The first-order chi connectivity index (χ1) is 11.1. The maximum absolute atomic E-state index is 12.3. The second-order valence-corrected chi connectivity index (χ2v) is 6.36. The predicted molar refractivity (Wildman–Crippen MR) is 84.3 cm³/mol. The number of nitrogens with zero attached hydrogens (tertiary/aromatic N) is 3. The van der Waals surface area contributed by atoms with Gasteiger partial charge in [0.05, 0.1) is 10.7 Å². The number of aromatic nitrogens is 4. The number of carbonyl (C=O) groups is 1. The van der Waals surface area contributed by atoms with E-state index >= 15 is 0 Å². The average molecular weight is 338 g/mol. The van der Waals surface area contributed by atoms with Gasteiger partial charge in [0.25, 0.3) is 5.91 Å². The maximum Gasteiger partial charge on any atom is 0.273 e. The zero-order valence-corrected chi connectivity index (χ0v) is 14.0. The van der Waals surface area contributed by atoms with Gasteiger partial charge in [-0.15, -0.1) is 10.2 Å². The minimum absolute atomic E-state index is 0.134. The van der Waals surface area contributed by atoms with E-state index in [-0.39, 0.29) is 17.6 Å². The molecule has 2 atom stereocenters. The van der Waals surface area contributed by atoms with E-state index in [0.717, 1.165) is 31.4 Å². The summed E-state index contributed by atoms with van der Waals surface area (Å²) in [6.07, 6.45) is 4.34. The molecular formula is C15H20ClN5O2. The van der Waals surface area contributed by atoms with Gasteiger partial charge in [-0.3, -0.25) is 9.89 Å². The monoisotopic (exact) mass is 337 g/mol. The predicted octanol–water partition coefficient (Wildman–Crippen LogP) is 2.46. The Balaban J connectivity index is 1.55. The van der Waals surface area contributed by atoms with Crippen molar-refractivity contribution in [3.8, 4) is 0 Å². The highest BCUT2D eigenvalue weighted by molar-refractivity contribution is 6.34. The van der Waals surface area contributed by atoms with Crippen molar-refractivity contribution >= 4 is 17.5 Å². The summed E-state index contributed by atoms with van der Waals surface area (Å²) in [6.45, 7) is 3.74. The van der Waals surface area contributed by atoms with Crippen molar-refractivity contribution in [3.63, 3.8) is 0 Å². The van der Waals surface area contributed by atoms with Gasteiger partial charge in [-0.2, -0.15) is 5.10 Å². The summed E-state index contributed by atoms with van der Waals surface area (Å²) in [7, 11) is 0. The van der Waals surface area contributed by atoms with Crippen molar-refractivity contribution in [2.24, 2.45) is 5.92 Å². The lowest BCUT2D eigenvalue weighted by molar-refractivity contribution is 0.0932. The molecule has 7 nitrogen and oxygen atoms in total. The van der Waals surface area contributed by atoms with Crippen LogP contribution in [0.4, 0.5) is 0 Å². The Morgan fingerprint density at radius 1 is 1.43 bits per heavy atom. The standard InChI is InChI=1S/C15H20ClN5O2/c1-3-11-13(16)14(21-19-11)15(22)17-10-5-4-9(6-10)7-12-20-18-8(2)23-12/h9-10H,3-7H2,1-2H3,(H,17,22)(H,19,21)/t9-,10+/m1/s1. The summed E-state index contributed by atoms with van der Waals surface area (Å²) in [6, 6.07) is 0.134. The highest BCUT2D eigenvalue weighted by Crippen LogP contribution is 2.29. The molecule has 0 aromatic carbocycles. The van der Waals surface area contributed by atoms with E-state index in [9.17, 15) is 4.79 Å². The number of aromatic amines is 1. The largest absolute Gasteiger partial charge is 0.426 e. The van der Waals surface area contributed by atoms with Crippen LogP contribution in [0.2, 0.25) is 5.02 Å². The molecule has 0 saturated heterocycles. The summed E-state index contributed by atoms with van der Waals surface area (Å²) in [5.41, 5.74) is 1.06. The number of halogens is 1. The van der Waals surface area contributed by atoms with Gasteiger partial charge in [0, 0.05) is 19.4 Å². The quantitative estimate of drug-likeness (QED) is 0.873. The maximum atomic E-state index is 12.3. The molecular weight excluding hydrogens is 318 g/mol. The summed E-state index contributed by atoms with van der Waals surface area (Å²) >= 11 is 6.16. The third kappa shape index (κ3) is 3.55. The van der Waals surface area contributed by atoms with Gasteiger partial charge >= 0.3 is 0 Å². The zero-order chi connectivity index (χ0) is 16.4. The van der Waals surface area contributed by atoms with Gasteiger partial charge in [-0.05, 0) is 31.6 Å². The van der Waals surface area contributed by atoms with Crippen LogP contribution in [0.5, 0.6) is 0 Å². The molecule has 8 heteroatoms. The molecule has 0 spiro atoms.